The topological polar surface area (TPSA) is 38.0 Å². The van der Waals surface area contributed by atoms with Crippen LogP contribution >= 0.6 is 0 Å². The molecule has 96 valence electrons. The molecule has 0 saturated carbocycles. The van der Waals surface area contributed by atoms with Crippen LogP contribution in [-0.2, 0) is 13.2 Å². The second kappa shape index (κ2) is 4.86. The lowest BCUT2D eigenvalue weighted by molar-refractivity contribution is 0.282. The number of hydrogen-bond donors (Lipinski definition) is 1. The molecule has 0 amide bonds. The summed E-state index contributed by atoms with van der Waals surface area (Å²) in [5.41, 5.74) is 3.25. The van der Waals surface area contributed by atoms with Gasteiger partial charge in [0.25, 0.3) is 0 Å². The van der Waals surface area contributed by atoms with Gasteiger partial charge in [-0.3, -0.25) is 4.68 Å². The van der Waals surface area contributed by atoms with Crippen molar-refractivity contribution >= 4 is 10.8 Å². The second-order valence-electron chi connectivity index (χ2n) is 4.64. The van der Waals surface area contributed by atoms with Crippen LogP contribution in [-0.4, -0.2) is 14.9 Å². The summed E-state index contributed by atoms with van der Waals surface area (Å²) in [6.45, 7) is 3.04. The molecule has 0 unspecified atom stereocenters. The summed E-state index contributed by atoms with van der Waals surface area (Å²) in [4.78, 5) is 0. The van der Waals surface area contributed by atoms with Crippen molar-refractivity contribution in [3.8, 4) is 11.1 Å². The van der Waals surface area contributed by atoms with Gasteiger partial charge in [0.2, 0.25) is 0 Å². The van der Waals surface area contributed by atoms with E-state index in [9.17, 15) is 0 Å². The van der Waals surface area contributed by atoms with Gasteiger partial charge in [0.05, 0.1) is 12.8 Å². The van der Waals surface area contributed by atoms with Crippen LogP contribution in [0, 0.1) is 0 Å². The van der Waals surface area contributed by atoms with Crippen molar-refractivity contribution in [2.45, 2.75) is 20.1 Å². The van der Waals surface area contributed by atoms with E-state index in [1.165, 1.54) is 10.9 Å². The maximum Gasteiger partial charge on any atom is 0.0682 e. The molecule has 0 radical (unpaired) electrons. The third kappa shape index (κ3) is 2.25. The normalized spacial score (nSPS) is 11.1. The Bertz CT molecular complexity index is 716. The Balaban J connectivity index is 2.06. The zero-order chi connectivity index (χ0) is 13.2. The first-order valence-electron chi connectivity index (χ1n) is 6.46. The van der Waals surface area contributed by atoms with E-state index in [0.717, 1.165) is 23.1 Å². The number of aromatic nitrogens is 2. The minimum Gasteiger partial charge on any atom is -0.392 e. The Kier molecular flexibility index (Phi) is 3.05. The fourth-order valence-corrected chi connectivity index (χ4v) is 2.26. The number of aliphatic hydroxyl groups excluding tert-OH is 1. The van der Waals surface area contributed by atoms with E-state index in [1.54, 1.807) is 0 Å². The molecule has 0 aliphatic rings. The standard InChI is InChI=1S/C16H16N2O/c1-2-18-10-16(9-17-18)15-6-5-13-7-12(11-19)3-4-14(13)8-15/h3-10,19H,2,11H2,1H3. The first-order chi connectivity index (χ1) is 9.30. The lowest BCUT2D eigenvalue weighted by Crippen LogP contribution is -1.91. The molecule has 1 aromatic heterocycles. The fraction of sp³-hybridized carbons (Fsp3) is 0.188. The Morgan fingerprint density at radius 2 is 1.84 bits per heavy atom. The first-order valence-corrected chi connectivity index (χ1v) is 6.46. The molecule has 1 N–H and O–H groups in total. The van der Waals surface area contributed by atoms with Gasteiger partial charge in [-0.25, -0.2) is 0 Å². The van der Waals surface area contributed by atoms with Gasteiger partial charge in [-0.15, -0.1) is 0 Å². The highest BCUT2D eigenvalue weighted by atomic mass is 16.3. The summed E-state index contributed by atoms with van der Waals surface area (Å²) in [6, 6.07) is 12.4. The summed E-state index contributed by atoms with van der Waals surface area (Å²) in [5, 5.41) is 15.8. The molecule has 3 aromatic rings. The number of nitrogens with zero attached hydrogens (tertiary/aromatic N) is 2. The van der Waals surface area contributed by atoms with Crippen molar-refractivity contribution in [1.82, 2.24) is 9.78 Å². The van der Waals surface area contributed by atoms with E-state index in [1.807, 2.05) is 23.0 Å². The van der Waals surface area contributed by atoms with E-state index in [-0.39, 0.29) is 6.61 Å². The minimum absolute atomic E-state index is 0.0843. The molecular weight excluding hydrogens is 236 g/mol. The zero-order valence-corrected chi connectivity index (χ0v) is 10.9. The van der Waals surface area contributed by atoms with Crippen molar-refractivity contribution in [3.05, 3.63) is 54.4 Å². The van der Waals surface area contributed by atoms with Gasteiger partial charge in [-0.1, -0.05) is 24.3 Å². The Morgan fingerprint density at radius 3 is 2.58 bits per heavy atom. The number of fused-ring (bicyclic) bond motifs is 1. The molecule has 0 aliphatic heterocycles. The number of benzene rings is 2. The maximum absolute atomic E-state index is 9.15. The summed E-state index contributed by atoms with van der Waals surface area (Å²) >= 11 is 0. The molecular formula is C16H16N2O. The molecule has 3 rings (SSSR count). The molecule has 2 aromatic carbocycles. The molecule has 0 spiro atoms. The van der Waals surface area contributed by atoms with Crippen LogP contribution in [0.4, 0.5) is 0 Å². The first kappa shape index (κ1) is 11.9. The highest BCUT2D eigenvalue weighted by Gasteiger charge is 2.03. The van der Waals surface area contributed by atoms with Crippen molar-refractivity contribution in [1.29, 1.82) is 0 Å². The third-order valence-electron chi connectivity index (χ3n) is 3.38. The van der Waals surface area contributed by atoms with Crippen LogP contribution in [0.5, 0.6) is 0 Å². The Labute approximate surface area is 112 Å². The molecule has 0 fully saturated rings. The number of rotatable bonds is 3. The van der Waals surface area contributed by atoms with Gasteiger partial charge >= 0.3 is 0 Å². The molecule has 19 heavy (non-hydrogen) atoms. The summed E-state index contributed by atoms with van der Waals surface area (Å²) in [6.07, 6.45) is 3.95. The quantitative estimate of drug-likeness (QED) is 0.777. The lowest BCUT2D eigenvalue weighted by Gasteiger charge is -2.03. The van der Waals surface area contributed by atoms with Crippen LogP contribution in [0.15, 0.2) is 48.8 Å². The largest absolute Gasteiger partial charge is 0.392 e. The van der Waals surface area contributed by atoms with Gasteiger partial charge in [0, 0.05) is 18.3 Å². The Morgan fingerprint density at radius 1 is 1.05 bits per heavy atom. The summed E-state index contributed by atoms with van der Waals surface area (Å²) < 4.78 is 1.92. The summed E-state index contributed by atoms with van der Waals surface area (Å²) in [5.74, 6) is 0. The van der Waals surface area contributed by atoms with E-state index >= 15 is 0 Å². The maximum atomic E-state index is 9.15. The van der Waals surface area contributed by atoms with E-state index in [4.69, 9.17) is 5.11 Å². The average molecular weight is 252 g/mol. The van der Waals surface area contributed by atoms with Crippen molar-refractivity contribution in [2.24, 2.45) is 0 Å². The van der Waals surface area contributed by atoms with Crippen LogP contribution in [0.2, 0.25) is 0 Å². The summed E-state index contributed by atoms with van der Waals surface area (Å²) in [7, 11) is 0. The molecule has 0 aliphatic carbocycles. The van der Waals surface area contributed by atoms with Crippen LogP contribution in [0.3, 0.4) is 0 Å². The van der Waals surface area contributed by atoms with Gasteiger partial charge in [0.15, 0.2) is 0 Å². The van der Waals surface area contributed by atoms with Crippen LogP contribution in [0.25, 0.3) is 21.9 Å². The SMILES string of the molecule is CCn1cc(-c2ccc3cc(CO)ccc3c2)cn1. The predicted octanol–water partition coefficient (Wildman–Crippen LogP) is 3.22. The molecule has 0 atom stereocenters. The van der Waals surface area contributed by atoms with Crippen LogP contribution in [0.1, 0.15) is 12.5 Å². The number of aryl methyl sites for hydroxylation is 1. The molecule has 1 heterocycles. The number of aliphatic hydroxyl groups is 1. The Hall–Kier alpha value is -2.13. The lowest BCUT2D eigenvalue weighted by atomic mass is 10.0. The van der Waals surface area contributed by atoms with Crippen LogP contribution < -0.4 is 0 Å². The number of hydrogen-bond acceptors (Lipinski definition) is 2. The van der Waals surface area contributed by atoms with E-state index in [2.05, 4.69) is 42.5 Å². The highest BCUT2D eigenvalue weighted by molar-refractivity contribution is 5.87. The molecule has 3 nitrogen and oxygen atoms in total. The average Bonchev–Trinajstić information content (AvgIpc) is 2.95. The molecule has 3 heteroatoms. The molecule has 0 saturated heterocycles. The van der Waals surface area contributed by atoms with Gasteiger partial charge < -0.3 is 5.11 Å². The minimum atomic E-state index is 0.0843. The third-order valence-corrected chi connectivity index (χ3v) is 3.38. The van der Waals surface area contributed by atoms with Crippen molar-refractivity contribution in [2.75, 3.05) is 0 Å². The van der Waals surface area contributed by atoms with Crippen molar-refractivity contribution < 1.29 is 5.11 Å². The fourth-order valence-electron chi connectivity index (χ4n) is 2.26. The second-order valence-corrected chi connectivity index (χ2v) is 4.64. The molecule has 0 bridgehead atoms. The van der Waals surface area contributed by atoms with Crippen molar-refractivity contribution in [3.63, 3.8) is 0 Å². The van der Waals surface area contributed by atoms with Gasteiger partial charge in [-0.05, 0) is 41.0 Å². The van der Waals surface area contributed by atoms with E-state index in [0.29, 0.717) is 0 Å². The van der Waals surface area contributed by atoms with Gasteiger partial charge in [-0.2, -0.15) is 5.10 Å². The predicted molar refractivity (Wildman–Crippen MR) is 76.8 cm³/mol. The monoisotopic (exact) mass is 252 g/mol. The van der Waals surface area contributed by atoms with E-state index < -0.39 is 0 Å². The highest BCUT2D eigenvalue weighted by Crippen LogP contribution is 2.24. The smallest absolute Gasteiger partial charge is 0.0682 e. The zero-order valence-electron chi connectivity index (χ0n) is 10.9. The van der Waals surface area contributed by atoms with Gasteiger partial charge in [0.1, 0.15) is 0 Å².